The highest BCUT2D eigenvalue weighted by Gasteiger charge is 2.33. The molecule has 0 heterocycles. The number of nitrogens with zero attached hydrogens (tertiary/aromatic N) is 1. The summed E-state index contributed by atoms with van der Waals surface area (Å²) >= 11 is 0. The van der Waals surface area contributed by atoms with Gasteiger partial charge in [-0.3, -0.25) is 4.90 Å². The Bertz CT molecular complexity index is 277. The fourth-order valence-corrected chi connectivity index (χ4v) is 2.21. The lowest BCUT2D eigenvalue weighted by atomic mass is 10.1. The number of aldehydes is 1. The van der Waals surface area contributed by atoms with Crippen molar-refractivity contribution >= 4 is 12.4 Å². The Balaban J connectivity index is 2.75. The van der Waals surface area contributed by atoms with Crippen LogP contribution in [0.2, 0.25) is 0 Å². The van der Waals surface area contributed by atoms with Crippen LogP contribution in [0, 0.1) is 0 Å². The number of carbonyl (C=O) groups is 2. The molecule has 1 rings (SSSR count). The van der Waals surface area contributed by atoms with Gasteiger partial charge in [0, 0.05) is 6.04 Å². The Labute approximate surface area is 103 Å². The standard InChI is InChI=1S/C13H23NO3/c1-10(9-15)14(11-7-5-6-8-11)12(16)17-13(2,3)4/h9-11H,5-8H2,1-4H3. The molecule has 4 heteroatoms. The molecule has 0 aromatic heterocycles. The van der Waals surface area contributed by atoms with Crippen LogP contribution >= 0.6 is 0 Å². The lowest BCUT2D eigenvalue weighted by Gasteiger charge is -2.33. The molecule has 17 heavy (non-hydrogen) atoms. The zero-order valence-electron chi connectivity index (χ0n) is 11.2. The Kier molecular flexibility index (Phi) is 4.54. The average molecular weight is 241 g/mol. The van der Waals surface area contributed by atoms with Crippen molar-refractivity contribution in [3.05, 3.63) is 0 Å². The van der Waals surface area contributed by atoms with Gasteiger partial charge in [-0.2, -0.15) is 0 Å². The van der Waals surface area contributed by atoms with Crippen LogP contribution in [-0.2, 0) is 9.53 Å². The highest BCUT2D eigenvalue weighted by atomic mass is 16.6. The summed E-state index contributed by atoms with van der Waals surface area (Å²) in [7, 11) is 0. The zero-order valence-corrected chi connectivity index (χ0v) is 11.2. The minimum absolute atomic E-state index is 0.157. The van der Waals surface area contributed by atoms with Crippen LogP contribution in [0.1, 0.15) is 53.4 Å². The first-order chi connectivity index (χ1) is 7.85. The molecule has 0 aromatic rings. The fourth-order valence-electron chi connectivity index (χ4n) is 2.21. The van der Waals surface area contributed by atoms with Gasteiger partial charge in [-0.15, -0.1) is 0 Å². The first-order valence-electron chi connectivity index (χ1n) is 6.32. The largest absolute Gasteiger partial charge is 0.444 e. The predicted octanol–water partition coefficient (Wildman–Crippen LogP) is 2.75. The smallest absolute Gasteiger partial charge is 0.411 e. The van der Waals surface area contributed by atoms with Crippen molar-refractivity contribution in [3.8, 4) is 0 Å². The molecule has 1 atom stereocenters. The van der Waals surface area contributed by atoms with E-state index < -0.39 is 11.6 Å². The number of amides is 1. The van der Waals surface area contributed by atoms with E-state index in [1.807, 2.05) is 20.8 Å². The molecule has 98 valence electrons. The lowest BCUT2D eigenvalue weighted by Crippen LogP contribution is -2.47. The van der Waals surface area contributed by atoms with Gasteiger partial charge < -0.3 is 9.53 Å². The van der Waals surface area contributed by atoms with Crippen molar-refractivity contribution < 1.29 is 14.3 Å². The number of carbonyl (C=O) groups excluding carboxylic acids is 2. The SMILES string of the molecule is CC(C=O)N(C(=O)OC(C)(C)C)C1CCCC1. The number of hydrogen-bond donors (Lipinski definition) is 0. The minimum atomic E-state index is -0.517. The van der Waals surface area contributed by atoms with Crippen LogP contribution < -0.4 is 0 Å². The molecule has 1 aliphatic carbocycles. The molecule has 1 saturated carbocycles. The Morgan fingerprint density at radius 3 is 2.29 bits per heavy atom. The van der Waals surface area contributed by atoms with Gasteiger partial charge in [-0.05, 0) is 40.5 Å². The monoisotopic (exact) mass is 241 g/mol. The van der Waals surface area contributed by atoms with E-state index in [9.17, 15) is 9.59 Å². The summed E-state index contributed by atoms with van der Waals surface area (Å²) in [5.41, 5.74) is -0.517. The molecule has 1 aliphatic rings. The fraction of sp³-hybridized carbons (Fsp3) is 0.846. The average Bonchev–Trinajstić information content (AvgIpc) is 2.68. The third-order valence-corrected chi connectivity index (χ3v) is 2.96. The maximum absolute atomic E-state index is 12.1. The van der Waals surface area contributed by atoms with Gasteiger partial charge in [0.05, 0.1) is 6.04 Å². The molecule has 0 aliphatic heterocycles. The first-order valence-corrected chi connectivity index (χ1v) is 6.32. The van der Waals surface area contributed by atoms with Crippen LogP contribution in [0.3, 0.4) is 0 Å². The van der Waals surface area contributed by atoms with Gasteiger partial charge in [0.15, 0.2) is 0 Å². The van der Waals surface area contributed by atoms with Gasteiger partial charge in [-0.25, -0.2) is 4.79 Å². The number of rotatable bonds is 3. The third kappa shape index (κ3) is 4.02. The summed E-state index contributed by atoms with van der Waals surface area (Å²) in [5, 5.41) is 0. The van der Waals surface area contributed by atoms with Crippen molar-refractivity contribution in [1.29, 1.82) is 0 Å². The molecule has 1 fully saturated rings. The van der Waals surface area contributed by atoms with Crippen LogP contribution in [0.15, 0.2) is 0 Å². The number of hydrogen-bond acceptors (Lipinski definition) is 3. The Hall–Kier alpha value is -1.06. The molecule has 4 nitrogen and oxygen atoms in total. The van der Waals surface area contributed by atoms with E-state index in [1.54, 1.807) is 11.8 Å². The van der Waals surface area contributed by atoms with Gasteiger partial charge in [-0.1, -0.05) is 12.8 Å². The van der Waals surface area contributed by atoms with Crippen LogP contribution in [0.25, 0.3) is 0 Å². The first kappa shape index (κ1) is 14.0. The summed E-state index contributed by atoms with van der Waals surface area (Å²) in [6.45, 7) is 7.26. The van der Waals surface area contributed by atoms with E-state index in [-0.39, 0.29) is 12.1 Å². The topological polar surface area (TPSA) is 46.6 Å². The summed E-state index contributed by atoms with van der Waals surface area (Å²) in [4.78, 5) is 24.6. The molecular weight excluding hydrogens is 218 g/mol. The van der Waals surface area contributed by atoms with Gasteiger partial charge in [0.2, 0.25) is 0 Å². The van der Waals surface area contributed by atoms with E-state index >= 15 is 0 Å². The van der Waals surface area contributed by atoms with E-state index in [0.717, 1.165) is 32.0 Å². The van der Waals surface area contributed by atoms with Crippen molar-refractivity contribution in [2.45, 2.75) is 71.1 Å². The maximum Gasteiger partial charge on any atom is 0.411 e. The highest BCUT2D eigenvalue weighted by molar-refractivity contribution is 5.74. The molecule has 0 spiro atoms. The van der Waals surface area contributed by atoms with E-state index in [0.29, 0.717) is 0 Å². The van der Waals surface area contributed by atoms with Gasteiger partial charge in [0.25, 0.3) is 0 Å². The van der Waals surface area contributed by atoms with E-state index in [4.69, 9.17) is 4.74 Å². The molecule has 0 radical (unpaired) electrons. The second-order valence-corrected chi connectivity index (χ2v) is 5.70. The zero-order chi connectivity index (χ0) is 13.1. The molecule has 1 unspecified atom stereocenters. The summed E-state index contributed by atoms with van der Waals surface area (Å²) in [6.07, 6.45) is 4.62. The lowest BCUT2D eigenvalue weighted by molar-refractivity contribution is -0.112. The van der Waals surface area contributed by atoms with Crippen LogP contribution in [0.5, 0.6) is 0 Å². The van der Waals surface area contributed by atoms with E-state index in [1.165, 1.54) is 0 Å². The molecule has 0 N–H and O–H groups in total. The van der Waals surface area contributed by atoms with Crippen molar-refractivity contribution in [2.75, 3.05) is 0 Å². The Morgan fingerprint density at radius 2 is 1.88 bits per heavy atom. The second-order valence-electron chi connectivity index (χ2n) is 5.70. The highest BCUT2D eigenvalue weighted by Crippen LogP contribution is 2.26. The van der Waals surface area contributed by atoms with Crippen molar-refractivity contribution in [3.63, 3.8) is 0 Å². The third-order valence-electron chi connectivity index (χ3n) is 2.96. The van der Waals surface area contributed by atoms with Crippen molar-refractivity contribution in [2.24, 2.45) is 0 Å². The minimum Gasteiger partial charge on any atom is -0.444 e. The second kappa shape index (κ2) is 5.52. The predicted molar refractivity (Wildman–Crippen MR) is 65.9 cm³/mol. The normalized spacial score (nSPS) is 18.8. The van der Waals surface area contributed by atoms with E-state index in [2.05, 4.69) is 0 Å². The number of ether oxygens (including phenoxy) is 1. The van der Waals surface area contributed by atoms with Gasteiger partial charge >= 0.3 is 6.09 Å². The van der Waals surface area contributed by atoms with Crippen LogP contribution in [-0.4, -0.2) is 35.0 Å². The summed E-state index contributed by atoms with van der Waals surface area (Å²) in [5.74, 6) is 0. The molecule has 0 aromatic carbocycles. The van der Waals surface area contributed by atoms with Gasteiger partial charge in [0.1, 0.15) is 11.9 Å². The maximum atomic E-state index is 12.1. The molecular formula is C13H23NO3. The van der Waals surface area contributed by atoms with Crippen LogP contribution in [0.4, 0.5) is 4.79 Å². The summed E-state index contributed by atoms with van der Waals surface area (Å²) < 4.78 is 5.36. The molecule has 0 bridgehead atoms. The molecule has 1 amide bonds. The van der Waals surface area contributed by atoms with Crippen molar-refractivity contribution in [1.82, 2.24) is 4.90 Å². The Morgan fingerprint density at radius 1 is 1.35 bits per heavy atom. The summed E-state index contributed by atoms with van der Waals surface area (Å²) in [6, 6.07) is -0.252. The molecule has 0 saturated heterocycles. The quantitative estimate of drug-likeness (QED) is 0.714.